The van der Waals surface area contributed by atoms with Crippen molar-refractivity contribution < 1.29 is 22.6 Å². The Bertz CT molecular complexity index is 1730. The van der Waals surface area contributed by atoms with Crippen LogP contribution in [0.25, 0.3) is 32.2 Å². The quantitative estimate of drug-likeness (QED) is 0.304. The third-order valence-corrected chi connectivity index (χ3v) is 10.5. The van der Waals surface area contributed by atoms with Gasteiger partial charge in [0, 0.05) is 29.5 Å². The number of ether oxygens (including phenoxy) is 2. The van der Waals surface area contributed by atoms with Crippen molar-refractivity contribution in [2.24, 2.45) is 0 Å². The van der Waals surface area contributed by atoms with E-state index in [4.69, 9.17) is 31.8 Å². The predicted molar refractivity (Wildman–Crippen MR) is 156 cm³/mol. The van der Waals surface area contributed by atoms with Gasteiger partial charge in [0.2, 0.25) is 0 Å². The minimum absolute atomic E-state index is 0.0289. The topological polar surface area (TPSA) is 89.6 Å². The highest BCUT2D eigenvalue weighted by atomic mass is 35.5. The summed E-state index contributed by atoms with van der Waals surface area (Å²) in [5, 5.41) is 0.743. The van der Waals surface area contributed by atoms with Crippen LogP contribution in [0, 0.1) is 11.6 Å². The number of aromatic nitrogens is 3. The van der Waals surface area contributed by atoms with Crippen LogP contribution in [0.15, 0.2) is 18.2 Å². The number of anilines is 2. The van der Waals surface area contributed by atoms with E-state index in [9.17, 15) is 8.78 Å². The Morgan fingerprint density at radius 2 is 1.95 bits per heavy atom. The van der Waals surface area contributed by atoms with Crippen LogP contribution in [0.2, 0.25) is 5.02 Å². The molecule has 4 aliphatic rings. The molecule has 8 nitrogen and oxygen atoms in total. The van der Waals surface area contributed by atoms with Crippen LogP contribution in [-0.2, 0) is 4.74 Å². The lowest BCUT2D eigenvalue weighted by molar-refractivity contribution is 0.0898. The second-order valence-electron chi connectivity index (χ2n) is 11.8. The van der Waals surface area contributed by atoms with Crippen molar-refractivity contribution in [3.63, 3.8) is 0 Å². The summed E-state index contributed by atoms with van der Waals surface area (Å²) < 4.78 is 58.0. The molecule has 2 unspecified atom stereocenters. The van der Waals surface area contributed by atoms with Gasteiger partial charge < -0.3 is 20.1 Å². The van der Waals surface area contributed by atoms with Gasteiger partial charge in [0.15, 0.2) is 10.9 Å². The number of rotatable bonds is 5. The minimum atomic E-state index is -0.902. The predicted octanol–water partition coefficient (Wildman–Crippen LogP) is 5.74. The van der Waals surface area contributed by atoms with E-state index < -0.39 is 23.3 Å². The highest BCUT2D eigenvalue weighted by molar-refractivity contribution is 7.22. The van der Waals surface area contributed by atoms with Gasteiger partial charge in [-0.3, -0.25) is 4.90 Å². The monoisotopic (exact) mass is 616 g/mol. The standard InChI is InChI=1S/C29H28ClF3N6O2S/c30-19-8-18-23(22(33)21(19)17-4-5-20(32)25-24(17)35-27(34)42-25)36-28(37-26(18)39-15-2-3-16(39)12-40-11-15)41-13-29-6-1-7-38(29)10-14(31)9-29/h4-5,8,14-16H,1-3,6-7,9-13H2,(H2,34,35)/t14-,15?,16?,29+/m1/s1. The summed E-state index contributed by atoms with van der Waals surface area (Å²) in [6, 6.07) is 4.56. The van der Waals surface area contributed by atoms with Crippen molar-refractivity contribution in [3.05, 3.63) is 34.9 Å². The third-order valence-electron chi connectivity index (χ3n) is 9.34. The third kappa shape index (κ3) is 4.05. The average Bonchev–Trinajstić information content (AvgIpc) is 3.68. The summed E-state index contributed by atoms with van der Waals surface area (Å²) in [6.45, 7) is 2.53. The van der Waals surface area contributed by atoms with Crippen LogP contribution in [0.3, 0.4) is 0 Å². The fourth-order valence-corrected chi connectivity index (χ4v) is 8.54. The van der Waals surface area contributed by atoms with E-state index in [-0.39, 0.29) is 56.2 Å². The van der Waals surface area contributed by atoms with Crippen LogP contribution in [0.1, 0.15) is 32.1 Å². The first kappa shape index (κ1) is 26.7. The van der Waals surface area contributed by atoms with E-state index in [1.54, 1.807) is 6.07 Å². The number of fused-ring (bicyclic) bond motifs is 5. The first-order valence-electron chi connectivity index (χ1n) is 14.2. The van der Waals surface area contributed by atoms with Gasteiger partial charge in [-0.25, -0.2) is 18.2 Å². The van der Waals surface area contributed by atoms with Crippen molar-refractivity contribution in [1.29, 1.82) is 0 Å². The van der Waals surface area contributed by atoms with Gasteiger partial charge in [0.1, 0.15) is 29.9 Å². The zero-order valence-electron chi connectivity index (χ0n) is 22.6. The first-order valence-corrected chi connectivity index (χ1v) is 15.4. The van der Waals surface area contributed by atoms with Crippen LogP contribution >= 0.6 is 22.9 Å². The molecule has 220 valence electrons. The van der Waals surface area contributed by atoms with Crippen molar-refractivity contribution in [2.75, 3.05) is 43.5 Å². The van der Waals surface area contributed by atoms with Crippen molar-refractivity contribution in [2.45, 2.75) is 55.9 Å². The summed E-state index contributed by atoms with van der Waals surface area (Å²) >= 11 is 7.78. The Morgan fingerprint density at radius 1 is 1.14 bits per heavy atom. The maximum absolute atomic E-state index is 16.7. The lowest BCUT2D eigenvalue weighted by atomic mass is 9.95. The second-order valence-corrected chi connectivity index (χ2v) is 13.2. The van der Waals surface area contributed by atoms with Crippen LogP contribution in [-0.4, -0.2) is 76.6 Å². The van der Waals surface area contributed by atoms with Crippen LogP contribution in [0.4, 0.5) is 24.1 Å². The molecule has 0 amide bonds. The number of hydrogen-bond acceptors (Lipinski definition) is 9. The number of nitrogens with zero attached hydrogens (tertiary/aromatic N) is 5. The van der Waals surface area contributed by atoms with Gasteiger partial charge in [0.25, 0.3) is 0 Å². The number of thiazole rings is 1. The largest absolute Gasteiger partial charge is 0.461 e. The number of hydrogen-bond donors (Lipinski definition) is 1. The van der Waals surface area contributed by atoms with Gasteiger partial charge in [-0.15, -0.1) is 0 Å². The minimum Gasteiger partial charge on any atom is -0.461 e. The average molecular weight is 617 g/mol. The van der Waals surface area contributed by atoms with E-state index in [2.05, 4.69) is 19.8 Å². The number of benzene rings is 2. The molecule has 4 aliphatic heterocycles. The Balaban J connectivity index is 1.29. The Hall–Kier alpha value is -2.93. The van der Waals surface area contributed by atoms with E-state index in [1.807, 2.05) is 0 Å². The molecule has 6 heterocycles. The molecule has 2 aromatic heterocycles. The SMILES string of the molecule is Nc1nc2c(-c3c(Cl)cc4c(N5C6CCC5COC6)nc(OC[C@@]56CCCN5C[C@H](F)C6)nc4c3F)ccc(F)c2s1. The van der Waals surface area contributed by atoms with Crippen LogP contribution < -0.4 is 15.4 Å². The molecule has 4 fully saturated rings. The van der Waals surface area contributed by atoms with Gasteiger partial charge in [-0.05, 0) is 50.4 Å². The van der Waals surface area contributed by atoms with Gasteiger partial charge in [0.05, 0.1) is 46.1 Å². The Morgan fingerprint density at radius 3 is 2.76 bits per heavy atom. The summed E-state index contributed by atoms with van der Waals surface area (Å²) in [6.07, 6.45) is 3.14. The molecule has 2 bridgehead atoms. The Kier molecular flexibility index (Phi) is 6.22. The number of nitrogen functional groups attached to an aromatic ring is 1. The van der Waals surface area contributed by atoms with E-state index >= 15 is 4.39 Å². The molecule has 0 spiro atoms. The first-order chi connectivity index (χ1) is 20.3. The molecule has 4 aromatic rings. The van der Waals surface area contributed by atoms with E-state index in [1.165, 1.54) is 12.1 Å². The highest BCUT2D eigenvalue weighted by Crippen LogP contribution is 2.45. The number of nitrogens with two attached hydrogens (primary N) is 1. The fourth-order valence-electron chi connectivity index (χ4n) is 7.48. The zero-order chi connectivity index (χ0) is 28.7. The summed E-state index contributed by atoms with van der Waals surface area (Å²) in [5.74, 6) is -0.640. The van der Waals surface area contributed by atoms with Gasteiger partial charge in [-0.2, -0.15) is 9.97 Å². The molecule has 0 aliphatic carbocycles. The highest BCUT2D eigenvalue weighted by Gasteiger charge is 2.49. The molecule has 2 aromatic carbocycles. The molecule has 42 heavy (non-hydrogen) atoms. The molecule has 2 N–H and O–H groups in total. The molecule has 4 atom stereocenters. The van der Waals surface area contributed by atoms with Gasteiger partial charge >= 0.3 is 6.01 Å². The zero-order valence-corrected chi connectivity index (χ0v) is 24.2. The number of morpholine rings is 1. The summed E-state index contributed by atoms with van der Waals surface area (Å²) in [5.41, 5.74) is 6.12. The fraction of sp³-hybridized carbons (Fsp3) is 0.483. The molecule has 13 heteroatoms. The van der Waals surface area contributed by atoms with Crippen LogP contribution in [0.5, 0.6) is 6.01 Å². The van der Waals surface area contributed by atoms with Crippen molar-refractivity contribution >= 4 is 55.0 Å². The molecule has 4 saturated heterocycles. The number of alkyl halides is 1. The van der Waals surface area contributed by atoms with Gasteiger partial charge in [-0.1, -0.05) is 22.9 Å². The lowest BCUT2D eigenvalue weighted by Crippen LogP contribution is -2.46. The van der Waals surface area contributed by atoms with E-state index in [0.717, 1.165) is 43.6 Å². The molecular formula is C29H28ClF3N6O2S. The Labute approximate surface area is 248 Å². The summed E-state index contributed by atoms with van der Waals surface area (Å²) in [4.78, 5) is 18.0. The molecule has 8 rings (SSSR count). The lowest BCUT2D eigenvalue weighted by Gasteiger charge is -2.36. The maximum Gasteiger partial charge on any atom is 0.319 e. The van der Waals surface area contributed by atoms with Crippen molar-refractivity contribution in [3.8, 4) is 17.1 Å². The summed E-state index contributed by atoms with van der Waals surface area (Å²) in [7, 11) is 0. The number of halogens is 4. The molecular weight excluding hydrogens is 589 g/mol. The smallest absolute Gasteiger partial charge is 0.319 e. The normalized spacial score (nSPS) is 27.4. The maximum atomic E-state index is 16.7. The van der Waals surface area contributed by atoms with Crippen molar-refractivity contribution in [1.82, 2.24) is 19.9 Å². The van der Waals surface area contributed by atoms with E-state index in [0.29, 0.717) is 42.9 Å². The molecule has 0 radical (unpaired) electrons. The second kappa shape index (κ2) is 9.80. The molecule has 0 saturated carbocycles.